The summed E-state index contributed by atoms with van der Waals surface area (Å²) >= 11 is 0. The molecular weight excluding hydrogens is 252 g/mol. The number of carbonyl (C=O) groups is 2. The van der Waals surface area contributed by atoms with Crippen LogP contribution >= 0.6 is 0 Å². The molecule has 2 aromatic carbocycles. The van der Waals surface area contributed by atoms with Crippen LogP contribution < -0.4 is 4.90 Å². The highest BCUT2D eigenvalue weighted by Crippen LogP contribution is 2.36. The zero-order chi connectivity index (χ0) is 14.3. The first-order chi connectivity index (χ1) is 9.63. The molecule has 3 rings (SSSR count). The molecule has 102 valence electrons. The van der Waals surface area contributed by atoms with Crippen molar-refractivity contribution in [2.75, 3.05) is 25.0 Å². The molecule has 4 heteroatoms. The number of benzene rings is 2. The molecule has 1 heterocycles. The van der Waals surface area contributed by atoms with Crippen molar-refractivity contribution in [1.82, 2.24) is 4.90 Å². The molecule has 0 saturated carbocycles. The topological polar surface area (TPSA) is 40.6 Å². The first-order valence-electron chi connectivity index (χ1n) is 6.71. The minimum absolute atomic E-state index is 0.0503. The quantitative estimate of drug-likeness (QED) is 0.857. The molecule has 0 fully saturated rings. The van der Waals surface area contributed by atoms with E-state index in [0.29, 0.717) is 12.1 Å². The summed E-state index contributed by atoms with van der Waals surface area (Å²) in [4.78, 5) is 27.8. The molecule has 0 radical (unpaired) electrons. The van der Waals surface area contributed by atoms with Crippen molar-refractivity contribution in [1.29, 1.82) is 0 Å². The largest absolute Gasteiger partial charge is 0.344 e. The Hall–Kier alpha value is -2.36. The van der Waals surface area contributed by atoms with Crippen LogP contribution in [-0.4, -0.2) is 36.9 Å². The second-order valence-corrected chi connectivity index (χ2v) is 4.98. The highest BCUT2D eigenvalue weighted by atomic mass is 16.2. The van der Waals surface area contributed by atoms with Crippen LogP contribution in [0.1, 0.15) is 17.3 Å². The van der Waals surface area contributed by atoms with Crippen molar-refractivity contribution in [3.05, 3.63) is 42.0 Å². The lowest BCUT2D eigenvalue weighted by Crippen LogP contribution is -2.39. The van der Waals surface area contributed by atoms with E-state index >= 15 is 0 Å². The van der Waals surface area contributed by atoms with E-state index in [1.165, 1.54) is 0 Å². The maximum absolute atomic E-state index is 12.5. The van der Waals surface area contributed by atoms with Gasteiger partial charge in [-0.2, -0.15) is 0 Å². The third-order valence-electron chi connectivity index (χ3n) is 3.84. The number of carbonyl (C=O) groups excluding carboxylic acids is 2. The summed E-state index contributed by atoms with van der Waals surface area (Å²) < 4.78 is 0. The maximum atomic E-state index is 12.5. The van der Waals surface area contributed by atoms with E-state index in [2.05, 4.69) is 0 Å². The Bertz CT molecular complexity index is 703. The standard InChI is InChI=1S/C16H16N2O2/c1-3-17(2)14(19)10-18-13-9-5-7-11-6-4-8-12(15(11)13)16(18)20/h4-9H,3,10H2,1-2H3. The number of hydrogen-bond acceptors (Lipinski definition) is 2. The lowest BCUT2D eigenvalue weighted by Gasteiger charge is -2.21. The molecule has 4 nitrogen and oxygen atoms in total. The Kier molecular flexibility index (Phi) is 2.93. The summed E-state index contributed by atoms with van der Waals surface area (Å²) in [5.41, 5.74) is 1.52. The van der Waals surface area contributed by atoms with Gasteiger partial charge in [0, 0.05) is 24.5 Å². The maximum Gasteiger partial charge on any atom is 0.259 e. The fraction of sp³-hybridized carbons (Fsp3) is 0.250. The van der Waals surface area contributed by atoms with Crippen molar-refractivity contribution in [2.45, 2.75) is 6.92 Å². The van der Waals surface area contributed by atoms with Crippen LogP contribution in [0.2, 0.25) is 0 Å². The SMILES string of the molecule is CCN(C)C(=O)CN1C(=O)c2cccc3cccc1c23. The van der Waals surface area contributed by atoms with Crippen LogP contribution in [0.25, 0.3) is 10.8 Å². The molecular formula is C16H16N2O2. The molecule has 1 aliphatic heterocycles. The Morgan fingerprint density at radius 1 is 1.20 bits per heavy atom. The number of anilines is 1. The lowest BCUT2D eigenvalue weighted by atomic mass is 10.1. The third kappa shape index (κ3) is 1.76. The lowest BCUT2D eigenvalue weighted by molar-refractivity contribution is -0.128. The van der Waals surface area contributed by atoms with Gasteiger partial charge < -0.3 is 4.90 Å². The van der Waals surface area contributed by atoms with Gasteiger partial charge in [-0.05, 0) is 24.4 Å². The Balaban J connectivity index is 2.03. The minimum atomic E-state index is -0.0883. The van der Waals surface area contributed by atoms with Crippen molar-refractivity contribution in [2.24, 2.45) is 0 Å². The summed E-state index contributed by atoms with van der Waals surface area (Å²) in [5, 5.41) is 1.99. The van der Waals surface area contributed by atoms with Gasteiger partial charge in [-0.3, -0.25) is 14.5 Å². The first kappa shape index (κ1) is 12.7. The number of amides is 2. The summed E-state index contributed by atoms with van der Waals surface area (Å²) in [6.45, 7) is 2.65. The van der Waals surface area contributed by atoms with E-state index in [1.807, 2.05) is 43.3 Å². The van der Waals surface area contributed by atoms with Gasteiger partial charge in [-0.25, -0.2) is 0 Å². The zero-order valence-corrected chi connectivity index (χ0v) is 11.6. The molecule has 0 aliphatic carbocycles. The van der Waals surface area contributed by atoms with Crippen LogP contribution in [0.3, 0.4) is 0 Å². The molecule has 1 aliphatic rings. The van der Waals surface area contributed by atoms with Crippen molar-refractivity contribution in [3.63, 3.8) is 0 Å². The van der Waals surface area contributed by atoms with E-state index in [1.54, 1.807) is 16.8 Å². The van der Waals surface area contributed by atoms with Crippen LogP contribution in [0.5, 0.6) is 0 Å². The van der Waals surface area contributed by atoms with E-state index in [4.69, 9.17) is 0 Å². The molecule has 2 amide bonds. The van der Waals surface area contributed by atoms with E-state index in [-0.39, 0.29) is 18.4 Å². The predicted octanol–water partition coefficient (Wildman–Crippen LogP) is 2.28. The fourth-order valence-corrected chi connectivity index (χ4v) is 2.57. The molecule has 20 heavy (non-hydrogen) atoms. The Morgan fingerprint density at radius 2 is 1.90 bits per heavy atom. The van der Waals surface area contributed by atoms with Gasteiger partial charge in [0.2, 0.25) is 5.91 Å². The molecule has 0 atom stereocenters. The molecule has 2 aromatic rings. The Morgan fingerprint density at radius 3 is 2.60 bits per heavy atom. The molecule has 0 N–H and O–H groups in total. The molecule has 0 aromatic heterocycles. The van der Waals surface area contributed by atoms with Crippen LogP contribution in [-0.2, 0) is 4.79 Å². The van der Waals surface area contributed by atoms with Gasteiger partial charge >= 0.3 is 0 Å². The second-order valence-electron chi connectivity index (χ2n) is 4.98. The minimum Gasteiger partial charge on any atom is -0.344 e. The first-order valence-corrected chi connectivity index (χ1v) is 6.71. The molecule has 0 saturated heterocycles. The molecule has 0 unspecified atom stereocenters. The zero-order valence-electron chi connectivity index (χ0n) is 11.6. The summed E-state index contributed by atoms with van der Waals surface area (Å²) in [5.74, 6) is -0.139. The van der Waals surface area contributed by atoms with Crippen molar-refractivity contribution >= 4 is 28.3 Å². The second kappa shape index (κ2) is 4.63. The van der Waals surface area contributed by atoms with Gasteiger partial charge in [0.1, 0.15) is 6.54 Å². The Labute approximate surface area is 117 Å². The number of likely N-dealkylation sites (N-methyl/N-ethyl adjacent to an activating group) is 1. The number of hydrogen-bond donors (Lipinski definition) is 0. The number of rotatable bonds is 3. The monoisotopic (exact) mass is 268 g/mol. The van der Waals surface area contributed by atoms with E-state index in [0.717, 1.165) is 16.5 Å². The summed E-state index contributed by atoms with van der Waals surface area (Å²) in [6, 6.07) is 11.5. The average molecular weight is 268 g/mol. The normalized spacial score (nSPS) is 13.1. The van der Waals surface area contributed by atoms with E-state index in [9.17, 15) is 9.59 Å². The highest BCUT2D eigenvalue weighted by molar-refractivity contribution is 6.26. The van der Waals surface area contributed by atoms with Gasteiger partial charge in [-0.1, -0.05) is 24.3 Å². The summed E-state index contributed by atoms with van der Waals surface area (Å²) in [6.07, 6.45) is 0. The average Bonchev–Trinajstić information content (AvgIpc) is 2.74. The van der Waals surface area contributed by atoms with Gasteiger partial charge in [0.05, 0.1) is 5.69 Å². The van der Waals surface area contributed by atoms with Crippen LogP contribution in [0, 0.1) is 0 Å². The molecule has 0 bridgehead atoms. The smallest absolute Gasteiger partial charge is 0.259 e. The van der Waals surface area contributed by atoms with Gasteiger partial charge in [0.15, 0.2) is 0 Å². The van der Waals surface area contributed by atoms with Crippen molar-refractivity contribution < 1.29 is 9.59 Å². The van der Waals surface area contributed by atoms with Gasteiger partial charge in [-0.15, -0.1) is 0 Å². The van der Waals surface area contributed by atoms with E-state index < -0.39 is 0 Å². The highest BCUT2D eigenvalue weighted by Gasteiger charge is 2.31. The third-order valence-corrected chi connectivity index (χ3v) is 3.84. The molecule has 0 spiro atoms. The number of nitrogens with zero attached hydrogens (tertiary/aromatic N) is 2. The van der Waals surface area contributed by atoms with Crippen LogP contribution in [0.15, 0.2) is 36.4 Å². The fourth-order valence-electron chi connectivity index (χ4n) is 2.57. The van der Waals surface area contributed by atoms with Crippen LogP contribution in [0.4, 0.5) is 5.69 Å². The summed E-state index contributed by atoms with van der Waals surface area (Å²) in [7, 11) is 1.75. The van der Waals surface area contributed by atoms with Crippen molar-refractivity contribution in [3.8, 4) is 0 Å². The predicted molar refractivity (Wildman–Crippen MR) is 78.9 cm³/mol. The van der Waals surface area contributed by atoms with Gasteiger partial charge in [0.25, 0.3) is 5.91 Å².